The Morgan fingerprint density at radius 3 is 2.44 bits per heavy atom. The lowest BCUT2D eigenvalue weighted by Gasteiger charge is -2.10. The number of halogens is 3. The summed E-state index contributed by atoms with van der Waals surface area (Å²) in [5, 5.41) is 3.08. The zero-order chi connectivity index (χ0) is 17.5. The minimum absolute atomic E-state index is 0. The van der Waals surface area contributed by atoms with Crippen molar-refractivity contribution in [3.05, 3.63) is 58.4 Å². The summed E-state index contributed by atoms with van der Waals surface area (Å²) in [6.07, 6.45) is 0. The van der Waals surface area contributed by atoms with E-state index in [1.807, 2.05) is 18.2 Å². The third kappa shape index (κ3) is 6.24. The number of nitrogens with one attached hydrogen (secondary N) is 1. The second kappa shape index (κ2) is 10.3. The number of nitrogens with two attached hydrogens (primary N) is 1. The van der Waals surface area contributed by atoms with Gasteiger partial charge in [-0.15, -0.1) is 24.0 Å². The molecule has 0 amide bonds. The Hall–Kier alpha value is -1.74. The summed E-state index contributed by atoms with van der Waals surface area (Å²) >= 11 is 5.73. The Morgan fingerprint density at radius 1 is 1.12 bits per heavy atom. The number of rotatable bonds is 6. The molecule has 2 rings (SSSR count). The molecule has 2 aromatic rings. The minimum Gasteiger partial charge on any atom is -0.493 e. The van der Waals surface area contributed by atoms with Gasteiger partial charge in [0.2, 0.25) is 0 Å². The topological polar surface area (TPSA) is 68.9 Å². The average Bonchev–Trinajstić information content (AvgIpc) is 2.60. The Morgan fingerprint density at radius 2 is 1.80 bits per heavy atom. The average molecular weight is 480 g/mol. The fourth-order valence-corrected chi connectivity index (χ4v) is 2.26. The van der Waals surface area contributed by atoms with Gasteiger partial charge in [-0.25, -0.2) is 9.38 Å². The highest BCUT2D eigenvalue weighted by Gasteiger charge is 2.05. The molecule has 0 unspecified atom stereocenters. The zero-order valence-corrected chi connectivity index (χ0v) is 17.0. The molecule has 0 fully saturated rings. The van der Waals surface area contributed by atoms with E-state index >= 15 is 0 Å². The number of aliphatic imine (C=N–C) groups is 1. The van der Waals surface area contributed by atoms with Crippen LogP contribution in [-0.4, -0.2) is 20.2 Å². The second-order valence-corrected chi connectivity index (χ2v) is 5.40. The van der Waals surface area contributed by atoms with Crippen molar-refractivity contribution in [3.63, 3.8) is 0 Å². The summed E-state index contributed by atoms with van der Waals surface area (Å²) in [6.45, 7) is 0.796. The van der Waals surface area contributed by atoms with E-state index in [4.69, 9.17) is 26.8 Å². The number of methoxy groups -OCH3 is 2. The largest absolute Gasteiger partial charge is 0.493 e. The molecule has 3 N–H and O–H groups in total. The first-order valence-electron chi connectivity index (χ1n) is 7.22. The molecule has 0 heterocycles. The van der Waals surface area contributed by atoms with Crippen molar-refractivity contribution < 1.29 is 13.9 Å². The Labute approximate surface area is 168 Å². The van der Waals surface area contributed by atoms with Crippen LogP contribution in [-0.2, 0) is 13.1 Å². The van der Waals surface area contributed by atoms with E-state index in [1.54, 1.807) is 20.3 Å². The zero-order valence-electron chi connectivity index (χ0n) is 13.9. The Kier molecular flexibility index (Phi) is 8.77. The van der Waals surface area contributed by atoms with E-state index in [1.165, 1.54) is 12.1 Å². The summed E-state index contributed by atoms with van der Waals surface area (Å²) in [4.78, 5) is 4.20. The molecule has 0 spiro atoms. The highest BCUT2D eigenvalue weighted by molar-refractivity contribution is 14.0. The maximum absolute atomic E-state index is 13.1. The molecular weight excluding hydrogens is 460 g/mol. The first-order chi connectivity index (χ1) is 11.5. The van der Waals surface area contributed by atoms with Crippen molar-refractivity contribution in [1.29, 1.82) is 0 Å². The van der Waals surface area contributed by atoms with Crippen molar-refractivity contribution in [2.75, 3.05) is 14.2 Å². The first-order valence-corrected chi connectivity index (χ1v) is 7.60. The van der Waals surface area contributed by atoms with E-state index in [9.17, 15) is 4.39 Å². The quantitative estimate of drug-likeness (QED) is 0.376. The number of nitrogens with zero attached hydrogens (tertiary/aromatic N) is 1. The molecule has 0 atom stereocenters. The normalized spacial score (nSPS) is 10.8. The molecule has 0 radical (unpaired) electrons. The Bertz CT molecular complexity index is 744. The van der Waals surface area contributed by atoms with Crippen LogP contribution in [0.4, 0.5) is 4.39 Å². The van der Waals surface area contributed by atoms with Gasteiger partial charge in [-0.3, -0.25) is 0 Å². The molecule has 2 aromatic carbocycles. The van der Waals surface area contributed by atoms with Gasteiger partial charge in [-0.05, 0) is 35.4 Å². The van der Waals surface area contributed by atoms with Crippen LogP contribution in [0.1, 0.15) is 11.1 Å². The van der Waals surface area contributed by atoms with E-state index in [-0.39, 0.29) is 35.0 Å². The number of benzene rings is 2. The lowest BCUT2D eigenvalue weighted by molar-refractivity contribution is 0.354. The van der Waals surface area contributed by atoms with Crippen molar-refractivity contribution in [2.45, 2.75) is 13.1 Å². The van der Waals surface area contributed by atoms with E-state index < -0.39 is 5.82 Å². The van der Waals surface area contributed by atoms with E-state index in [2.05, 4.69) is 10.3 Å². The van der Waals surface area contributed by atoms with Crippen molar-refractivity contribution in [1.82, 2.24) is 5.32 Å². The Balaban J connectivity index is 0.00000312. The van der Waals surface area contributed by atoms with Crippen molar-refractivity contribution in [2.24, 2.45) is 10.7 Å². The van der Waals surface area contributed by atoms with Gasteiger partial charge in [0.1, 0.15) is 5.82 Å². The third-order valence-corrected chi connectivity index (χ3v) is 3.63. The van der Waals surface area contributed by atoms with Gasteiger partial charge in [-0.1, -0.05) is 23.7 Å². The smallest absolute Gasteiger partial charge is 0.189 e. The summed E-state index contributed by atoms with van der Waals surface area (Å²) in [5.41, 5.74) is 7.58. The van der Waals surface area contributed by atoms with Crippen LogP contribution in [0.2, 0.25) is 5.02 Å². The molecule has 25 heavy (non-hydrogen) atoms. The minimum atomic E-state index is -0.455. The summed E-state index contributed by atoms with van der Waals surface area (Å²) in [7, 11) is 3.17. The molecule has 136 valence electrons. The highest BCUT2D eigenvalue weighted by Crippen LogP contribution is 2.27. The summed E-state index contributed by atoms with van der Waals surface area (Å²) < 4.78 is 23.5. The molecule has 0 saturated carbocycles. The molecule has 0 aliphatic carbocycles. The predicted octanol–water partition coefficient (Wildman–Crippen LogP) is 3.72. The third-order valence-electron chi connectivity index (χ3n) is 3.34. The number of ether oxygens (including phenoxy) is 2. The summed E-state index contributed by atoms with van der Waals surface area (Å²) in [6, 6.07) is 10.0. The molecule has 5 nitrogen and oxygen atoms in total. The molecule has 0 aromatic heterocycles. The SMILES string of the molecule is COc1ccc(CNC(N)=NCc2ccc(F)c(Cl)c2)cc1OC.I. The predicted molar refractivity (Wildman–Crippen MR) is 109 cm³/mol. The highest BCUT2D eigenvalue weighted by atomic mass is 127. The fourth-order valence-electron chi connectivity index (χ4n) is 2.05. The van der Waals surface area contributed by atoms with E-state index in [0.717, 1.165) is 11.1 Å². The van der Waals surface area contributed by atoms with Crippen molar-refractivity contribution in [3.8, 4) is 11.5 Å². The van der Waals surface area contributed by atoms with Gasteiger partial charge in [0.05, 0.1) is 25.8 Å². The van der Waals surface area contributed by atoms with Crippen LogP contribution in [0.5, 0.6) is 11.5 Å². The molecule has 0 saturated heterocycles. The van der Waals surface area contributed by atoms with Gasteiger partial charge < -0.3 is 20.5 Å². The maximum Gasteiger partial charge on any atom is 0.189 e. The van der Waals surface area contributed by atoms with Crippen LogP contribution in [0, 0.1) is 5.82 Å². The van der Waals surface area contributed by atoms with Gasteiger partial charge in [0.15, 0.2) is 17.5 Å². The number of hydrogen-bond donors (Lipinski definition) is 2. The fraction of sp³-hybridized carbons (Fsp3) is 0.235. The van der Waals surface area contributed by atoms with Gasteiger partial charge in [0, 0.05) is 6.54 Å². The lowest BCUT2D eigenvalue weighted by Crippen LogP contribution is -2.31. The van der Waals surface area contributed by atoms with Crippen LogP contribution < -0.4 is 20.5 Å². The first kappa shape index (κ1) is 21.3. The van der Waals surface area contributed by atoms with Crippen LogP contribution in [0.3, 0.4) is 0 Å². The lowest BCUT2D eigenvalue weighted by atomic mass is 10.2. The van der Waals surface area contributed by atoms with Crippen molar-refractivity contribution >= 4 is 41.5 Å². The second-order valence-electron chi connectivity index (χ2n) is 4.99. The monoisotopic (exact) mass is 479 g/mol. The molecule has 0 aliphatic rings. The molecule has 8 heteroatoms. The summed E-state index contributed by atoms with van der Waals surface area (Å²) in [5.74, 6) is 1.14. The standard InChI is InChI=1S/C17H19ClFN3O2.HI/c1-23-15-6-4-12(8-16(15)24-2)10-22-17(20)21-9-11-3-5-14(19)13(18)7-11;/h3-8H,9-10H2,1-2H3,(H3,20,21,22);1H. The van der Waals surface area contributed by atoms with Crippen LogP contribution in [0.25, 0.3) is 0 Å². The maximum atomic E-state index is 13.1. The van der Waals surface area contributed by atoms with Crippen LogP contribution >= 0.6 is 35.6 Å². The number of hydrogen-bond acceptors (Lipinski definition) is 3. The van der Waals surface area contributed by atoms with E-state index in [0.29, 0.717) is 24.6 Å². The number of guanidine groups is 1. The molecule has 0 aliphatic heterocycles. The molecular formula is C17H20ClFIN3O2. The van der Waals surface area contributed by atoms with Gasteiger partial charge >= 0.3 is 0 Å². The van der Waals surface area contributed by atoms with Gasteiger partial charge in [0.25, 0.3) is 0 Å². The van der Waals surface area contributed by atoms with Crippen LogP contribution in [0.15, 0.2) is 41.4 Å². The van der Waals surface area contributed by atoms with Gasteiger partial charge in [-0.2, -0.15) is 0 Å². The molecule has 0 bridgehead atoms.